The van der Waals surface area contributed by atoms with E-state index >= 15 is 0 Å². The number of methoxy groups -OCH3 is 1. The standard InChI is InChI=1S/C19H24N4O3S/c1-13-10-14(2)21-19(20-13)23-11-15-8-9-22(12-16(15)23)27(24,25)18-7-5-4-6-17(18)26-3/h4-7,10,15-16H,8-9,11-12H2,1-3H3/t15-,16-/m0/s1. The van der Waals surface area contributed by atoms with Crippen molar-refractivity contribution in [1.82, 2.24) is 14.3 Å². The molecule has 3 heterocycles. The van der Waals surface area contributed by atoms with Gasteiger partial charge in [-0.3, -0.25) is 0 Å². The molecule has 144 valence electrons. The molecule has 2 aliphatic heterocycles. The molecule has 0 N–H and O–H groups in total. The van der Waals surface area contributed by atoms with Crippen LogP contribution in [0.3, 0.4) is 0 Å². The Labute approximate surface area is 160 Å². The van der Waals surface area contributed by atoms with Gasteiger partial charge in [-0.05, 0) is 44.4 Å². The van der Waals surface area contributed by atoms with Crippen LogP contribution >= 0.6 is 0 Å². The van der Waals surface area contributed by atoms with Gasteiger partial charge in [-0.25, -0.2) is 18.4 Å². The number of aromatic nitrogens is 2. The van der Waals surface area contributed by atoms with Crippen LogP contribution in [0.5, 0.6) is 5.75 Å². The number of piperidine rings is 1. The van der Waals surface area contributed by atoms with E-state index in [1.54, 1.807) is 28.6 Å². The zero-order valence-electron chi connectivity index (χ0n) is 15.8. The van der Waals surface area contributed by atoms with E-state index in [9.17, 15) is 8.42 Å². The second-order valence-corrected chi connectivity index (χ2v) is 9.14. The van der Waals surface area contributed by atoms with E-state index in [0.29, 0.717) is 30.7 Å². The van der Waals surface area contributed by atoms with Gasteiger partial charge in [-0.2, -0.15) is 4.31 Å². The summed E-state index contributed by atoms with van der Waals surface area (Å²) in [5.41, 5.74) is 1.85. The molecule has 7 nitrogen and oxygen atoms in total. The third kappa shape index (κ3) is 3.17. The molecule has 2 aromatic rings. The Morgan fingerprint density at radius 1 is 1.11 bits per heavy atom. The summed E-state index contributed by atoms with van der Waals surface area (Å²) in [7, 11) is -2.12. The van der Waals surface area contributed by atoms with Crippen LogP contribution < -0.4 is 9.64 Å². The van der Waals surface area contributed by atoms with Crippen molar-refractivity contribution >= 4 is 16.0 Å². The van der Waals surface area contributed by atoms with Gasteiger partial charge in [-0.1, -0.05) is 12.1 Å². The van der Waals surface area contributed by atoms with Crippen LogP contribution in [-0.4, -0.2) is 55.5 Å². The van der Waals surface area contributed by atoms with Crippen LogP contribution in [0.1, 0.15) is 17.8 Å². The Bertz CT molecular complexity index is 943. The molecule has 0 bridgehead atoms. The monoisotopic (exact) mass is 388 g/mol. The van der Waals surface area contributed by atoms with Crippen LogP contribution in [0, 0.1) is 19.8 Å². The number of aryl methyl sites for hydroxylation is 2. The van der Waals surface area contributed by atoms with Gasteiger partial charge in [0, 0.05) is 31.0 Å². The van der Waals surface area contributed by atoms with Crippen molar-refractivity contribution in [3.8, 4) is 5.75 Å². The summed E-state index contributed by atoms with van der Waals surface area (Å²) in [5.74, 6) is 1.56. The number of hydrogen-bond donors (Lipinski definition) is 0. The normalized spacial score (nSPS) is 22.9. The van der Waals surface area contributed by atoms with Crippen molar-refractivity contribution < 1.29 is 13.2 Å². The quantitative estimate of drug-likeness (QED) is 0.797. The molecule has 2 saturated heterocycles. The number of para-hydroxylation sites is 1. The predicted molar refractivity (Wildman–Crippen MR) is 102 cm³/mol. The molecule has 4 rings (SSSR count). The van der Waals surface area contributed by atoms with Gasteiger partial charge in [0.15, 0.2) is 0 Å². The minimum atomic E-state index is -3.61. The van der Waals surface area contributed by atoms with E-state index < -0.39 is 10.0 Å². The Kier molecular flexibility index (Phi) is 4.55. The molecular formula is C19H24N4O3S. The van der Waals surface area contributed by atoms with Crippen molar-refractivity contribution in [2.75, 3.05) is 31.6 Å². The summed E-state index contributed by atoms with van der Waals surface area (Å²) >= 11 is 0. The highest BCUT2D eigenvalue weighted by Gasteiger charge is 2.46. The molecule has 27 heavy (non-hydrogen) atoms. The summed E-state index contributed by atoms with van der Waals surface area (Å²) in [4.78, 5) is 11.4. The number of anilines is 1. The number of sulfonamides is 1. The smallest absolute Gasteiger partial charge is 0.246 e. The van der Waals surface area contributed by atoms with Gasteiger partial charge in [0.25, 0.3) is 0 Å². The summed E-state index contributed by atoms with van der Waals surface area (Å²) in [6, 6.07) is 8.84. The Morgan fingerprint density at radius 2 is 1.81 bits per heavy atom. The zero-order valence-corrected chi connectivity index (χ0v) is 16.6. The Hall–Kier alpha value is -2.19. The average molecular weight is 388 g/mol. The Morgan fingerprint density at radius 3 is 2.52 bits per heavy atom. The van der Waals surface area contributed by atoms with E-state index in [2.05, 4.69) is 14.9 Å². The van der Waals surface area contributed by atoms with Gasteiger partial charge in [-0.15, -0.1) is 0 Å². The fourth-order valence-corrected chi connectivity index (χ4v) is 5.65. The van der Waals surface area contributed by atoms with Crippen molar-refractivity contribution in [1.29, 1.82) is 0 Å². The molecule has 0 amide bonds. The molecule has 0 aliphatic carbocycles. The van der Waals surface area contributed by atoms with Crippen LogP contribution in [0.4, 0.5) is 5.95 Å². The third-order valence-electron chi connectivity index (χ3n) is 5.43. The lowest BCUT2D eigenvalue weighted by Crippen LogP contribution is -2.65. The van der Waals surface area contributed by atoms with E-state index in [4.69, 9.17) is 4.74 Å². The van der Waals surface area contributed by atoms with Gasteiger partial charge in [0.1, 0.15) is 10.6 Å². The molecule has 2 atom stereocenters. The minimum absolute atomic E-state index is 0.115. The van der Waals surface area contributed by atoms with Crippen molar-refractivity contribution in [2.45, 2.75) is 31.2 Å². The molecule has 0 radical (unpaired) electrons. The first-order valence-electron chi connectivity index (χ1n) is 9.12. The number of fused-ring (bicyclic) bond motifs is 1. The first kappa shape index (κ1) is 18.2. The highest BCUT2D eigenvalue weighted by Crippen LogP contribution is 2.37. The fraction of sp³-hybridized carbons (Fsp3) is 0.474. The van der Waals surface area contributed by atoms with Gasteiger partial charge < -0.3 is 9.64 Å². The first-order valence-corrected chi connectivity index (χ1v) is 10.6. The van der Waals surface area contributed by atoms with E-state index in [-0.39, 0.29) is 10.9 Å². The number of nitrogens with zero attached hydrogens (tertiary/aromatic N) is 4. The summed E-state index contributed by atoms with van der Waals surface area (Å²) in [5, 5.41) is 0. The topological polar surface area (TPSA) is 75.6 Å². The number of hydrogen-bond acceptors (Lipinski definition) is 6. The molecule has 0 spiro atoms. The maximum atomic E-state index is 13.2. The minimum Gasteiger partial charge on any atom is -0.495 e. The highest BCUT2D eigenvalue weighted by molar-refractivity contribution is 7.89. The van der Waals surface area contributed by atoms with Gasteiger partial charge in [0.05, 0.1) is 13.2 Å². The second-order valence-electron chi connectivity index (χ2n) is 7.23. The maximum absolute atomic E-state index is 13.2. The van der Waals surface area contributed by atoms with Crippen molar-refractivity contribution in [3.63, 3.8) is 0 Å². The predicted octanol–water partition coefficient (Wildman–Crippen LogP) is 2.00. The fourth-order valence-electron chi connectivity index (χ4n) is 4.02. The number of rotatable bonds is 4. The molecule has 0 saturated carbocycles. The lowest BCUT2D eigenvalue weighted by molar-refractivity contribution is 0.168. The van der Waals surface area contributed by atoms with E-state index in [1.165, 1.54) is 7.11 Å². The zero-order chi connectivity index (χ0) is 19.2. The maximum Gasteiger partial charge on any atom is 0.246 e. The van der Waals surface area contributed by atoms with Crippen LogP contribution in [0.2, 0.25) is 0 Å². The van der Waals surface area contributed by atoms with E-state index in [1.807, 2.05) is 19.9 Å². The lowest BCUT2D eigenvalue weighted by atomic mass is 9.83. The molecule has 1 aromatic carbocycles. The first-order chi connectivity index (χ1) is 12.9. The van der Waals surface area contributed by atoms with Crippen molar-refractivity contribution in [2.24, 2.45) is 5.92 Å². The highest BCUT2D eigenvalue weighted by atomic mass is 32.2. The summed E-state index contributed by atoms with van der Waals surface area (Å²) < 4.78 is 33.2. The number of ether oxygens (including phenoxy) is 1. The average Bonchev–Trinajstić information content (AvgIpc) is 2.61. The van der Waals surface area contributed by atoms with Gasteiger partial charge in [0.2, 0.25) is 16.0 Å². The number of benzene rings is 1. The second kappa shape index (κ2) is 6.76. The van der Waals surface area contributed by atoms with E-state index in [0.717, 1.165) is 24.4 Å². The molecule has 1 aromatic heterocycles. The Balaban J connectivity index is 1.59. The summed E-state index contributed by atoms with van der Waals surface area (Å²) in [6.45, 7) is 5.77. The molecule has 2 aliphatic rings. The third-order valence-corrected chi connectivity index (χ3v) is 7.33. The molecule has 2 fully saturated rings. The molecular weight excluding hydrogens is 364 g/mol. The van der Waals surface area contributed by atoms with Crippen LogP contribution in [0.15, 0.2) is 35.2 Å². The van der Waals surface area contributed by atoms with Gasteiger partial charge >= 0.3 is 0 Å². The van der Waals surface area contributed by atoms with Crippen LogP contribution in [-0.2, 0) is 10.0 Å². The molecule has 0 unspecified atom stereocenters. The largest absolute Gasteiger partial charge is 0.495 e. The summed E-state index contributed by atoms with van der Waals surface area (Å²) in [6.07, 6.45) is 0.848. The van der Waals surface area contributed by atoms with Crippen molar-refractivity contribution in [3.05, 3.63) is 41.7 Å². The lowest BCUT2D eigenvalue weighted by Gasteiger charge is -2.53. The van der Waals surface area contributed by atoms with Crippen LogP contribution in [0.25, 0.3) is 0 Å². The molecule has 8 heteroatoms. The SMILES string of the molecule is COc1ccccc1S(=O)(=O)N1CC[C@H]2CN(c3nc(C)cc(C)n3)[C@H]2C1.